The summed E-state index contributed by atoms with van der Waals surface area (Å²) in [6.07, 6.45) is 5.63. The summed E-state index contributed by atoms with van der Waals surface area (Å²) in [5.74, 6) is -0.405. The molecule has 3 rings (SSSR count). The summed E-state index contributed by atoms with van der Waals surface area (Å²) >= 11 is 0. The third-order valence-corrected chi connectivity index (χ3v) is 3.36. The quantitative estimate of drug-likeness (QED) is 0.757. The van der Waals surface area contributed by atoms with Crippen LogP contribution in [0.2, 0.25) is 0 Å². The first-order valence-electron chi connectivity index (χ1n) is 5.97. The largest absolute Gasteiger partial charge is 0.366 e. The molecule has 0 saturated heterocycles. The third-order valence-electron chi connectivity index (χ3n) is 3.36. The molecule has 2 N–H and O–H groups in total. The van der Waals surface area contributed by atoms with Crippen molar-refractivity contribution in [3.8, 4) is 11.3 Å². The molecule has 19 heavy (non-hydrogen) atoms. The van der Waals surface area contributed by atoms with E-state index in [1.807, 2.05) is 49.0 Å². The van der Waals surface area contributed by atoms with E-state index in [1.54, 1.807) is 10.9 Å². The fourth-order valence-electron chi connectivity index (χ4n) is 2.37. The average Bonchev–Trinajstić information content (AvgIpc) is 2.93. The standard InChI is InChI=1S/C14H14N4O/c1-9-8-18-6-4-10(12-3-5-16-17(12)2)13(18)7-11(9)14(15)19/h3-8H,1-2H3,(H2,15,19). The second-order valence-electron chi connectivity index (χ2n) is 4.60. The van der Waals surface area contributed by atoms with Gasteiger partial charge in [-0.3, -0.25) is 9.48 Å². The van der Waals surface area contributed by atoms with Crippen LogP contribution in [0, 0.1) is 6.92 Å². The molecule has 0 aliphatic heterocycles. The number of hydrogen-bond acceptors (Lipinski definition) is 2. The molecule has 0 fully saturated rings. The van der Waals surface area contributed by atoms with Gasteiger partial charge in [0.2, 0.25) is 5.91 Å². The second kappa shape index (κ2) is 3.98. The molecule has 5 nitrogen and oxygen atoms in total. The van der Waals surface area contributed by atoms with Crippen LogP contribution in [0.15, 0.2) is 36.8 Å². The molecule has 0 saturated carbocycles. The van der Waals surface area contributed by atoms with E-state index in [2.05, 4.69) is 5.10 Å². The first-order chi connectivity index (χ1) is 9.08. The van der Waals surface area contributed by atoms with E-state index in [0.717, 1.165) is 22.3 Å². The van der Waals surface area contributed by atoms with Crippen LogP contribution >= 0.6 is 0 Å². The Bertz CT molecular complexity index is 782. The van der Waals surface area contributed by atoms with Crippen molar-refractivity contribution in [1.82, 2.24) is 14.2 Å². The highest BCUT2D eigenvalue weighted by Gasteiger charge is 2.12. The van der Waals surface area contributed by atoms with E-state index in [0.29, 0.717) is 5.56 Å². The number of nitrogens with two attached hydrogens (primary N) is 1. The summed E-state index contributed by atoms with van der Waals surface area (Å²) in [6, 6.07) is 5.79. The number of nitrogens with zero attached hydrogens (tertiary/aromatic N) is 3. The maximum absolute atomic E-state index is 11.4. The highest BCUT2D eigenvalue weighted by Crippen LogP contribution is 2.26. The van der Waals surface area contributed by atoms with Crippen molar-refractivity contribution < 1.29 is 4.79 Å². The Morgan fingerprint density at radius 2 is 2.16 bits per heavy atom. The fraction of sp³-hybridized carbons (Fsp3) is 0.143. The molecule has 96 valence electrons. The molecule has 0 spiro atoms. The van der Waals surface area contributed by atoms with E-state index < -0.39 is 5.91 Å². The molecule has 0 radical (unpaired) electrons. The zero-order chi connectivity index (χ0) is 13.6. The minimum atomic E-state index is -0.405. The Hall–Kier alpha value is -2.56. The average molecular weight is 254 g/mol. The van der Waals surface area contributed by atoms with Crippen LogP contribution in [-0.2, 0) is 7.05 Å². The molecule has 0 aliphatic carbocycles. The number of pyridine rings is 1. The van der Waals surface area contributed by atoms with Crippen molar-refractivity contribution in [2.45, 2.75) is 6.92 Å². The molecular weight excluding hydrogens is 240 g/mol. The van der Waals surface area contributed by atoms with E-state index in [-0.39, 0.29) is 0 Å². The number of carbonyl (C=O) groups excluding carboxylic acids is 1. The van der Waals surface area contributed by atoms with Crippen LogP contribution in [0.1, 0.15) is 15.9 Å². The molecule has 1 amide bonds. The van der Waals surface area contributed by atoms with E-state index in [1.165, 1.54) is 0 Å². The number of fused-ring (bicyclic) bond motifs is 1. The van der Waals surface area contributed by atoms with Gasteiger partial charge in [0.05, 0.1) is 11.2 Å². The van der Waals surface area contributed by atoms with Gasteiger partial charge in [-0.25, -0.2) is 0 Å². The smallest absolute Gasteiger partial charge is 0.249 e. The number of amides is 1. The first kappa shape index (κ1) is 11.5. The number of rotatable bonds is 2. The Kier molecular flexibility index (Phi) is 2.41. The summed E-state index contributed by atoms with van der Waals surface area (Å²) < 4.78 is 3.79. The fourth-order valence-corrected chi connectivity index (χ4v) is 2.37. The maximum atomic E-state index is 11.4. The Morgan fingerprint density at radius 1 is 1.37 bits per heavy atom. The molecule has 0 atom stereocenters. The van der Waals surface area contributed by atoms with Gasteiger partial charge in [-0.2, -0.15) is 5.10 Å². The van der Waals surface area contributed by atoms with Crippen LogP contribution < -0.4 is 5.73 Å². The van der Waals surface area contributed by atoms with Crippen molar-refractivity contribution in [1.29, 1.82) is 0 Å². The summed E-state index contributed by atoms with van der Waals surface area (Å²) in [7, 11) is 1.89. The summed E-state index contributed by atoms with van der Waals surface area (Å²) in [5.41, 5.74) is 9.80. The summed E-state index contributed by atoms with van der Waals surface area (Å²) in [5, 5.41) is 4.17. The molecule has 3 aromatic rings. The van der Waals surface area contributed by atoms with Gasteiger partial charge in [-0.1, -0.05) is 0 Å². The topological polar surface area (TPSA) is 65.3 Å². The lowest BCUT2D eigenvalue weighted by Crippen LogP contribution is -2.13. The Morgan fingerprint density at radius 3 is 2.79 bits per heavy atom. The van der Waals surface area contributed by atoms with Crippen LogP contribution in [0.25, 0.3) is 16.8 Å². The lowest BCUT2D eigenvalue weighted by atomic mass is 10.1. The first-order valence-corrected chi connectivity index (χ1v) is 5.97. The zero-order valence-electron chi connectivity index (χ0n) is 10.8. The van der Waals surface area contributed by atoms with Crippen molar-refractivity contribution >= 4 is 11.4 Å². The second-order valence-corrected chi connectivity index (χ2v) is 4.60. The monoisotopic (exact) mass is 254 g/mol. The Balaban J connectivity index is 2.31. The SMILES string of the molecule is Cc1cn2ccc(-c3ccnn3C)c2cc1C(N)=O. The number of carbonyl (C=O) groups is 1. The van der Waals surface area contributed by atoms with Gasteiger partial charge in [0.25, 0.3) is 0 Å². The predicted molar refractivity (Wildman–Crippen MR) is 72.9 cm³/mol. The molecule has 3 aromatic heterocycles. The van der Waals surface area contributed by atoms with Crippen LogP contribution in [0.5, 0.6) is 0 Å². The van der Waals surface area contributed by atoms with Crippen molar-refractivity contribution in [3.05, 3.63) is 47.9 Å². The van der Waals surface area contributed by atoms with E-state index in [9.17, 15) is 4.79 Å². The van der Waals surface area contributed by atoms with Gasteiger partial charge < -0.3 is 10.1 Å². The molecule has 0 bridgehead atoms. The Labute approximate surface area is 110 Å². The van der Waals surface area contributed by atoms with Gasteiger partial charge in [0, 0.05) is 36.8 Å². The third kappa shape index (κ3) is 1.71. The summed E-state index contributed by atoms with van der Waals surface area (Å²) in [6.45, 7) is 1.88. The zero-order valence-corrected chi connectivity index (χ0v) is 10.8. The van der Waals surface area contributed by atoms with Crippen molar-refractivity contribution in [3.63, 3.8) is 0 Å². The molecule has 5 heteroatoms. The normalized spacial score (nSPS) is 11.1. The summed E-state index contributed by atoms with van der Waals surface area (Å²) in [4.78, 5) is 11.4. The minimum Gasteiger partial charge on any atom is -0.366 e. The number of hydrogen-bond donors (Lipinski definition) is 1. The number of aromatic nitrogens is 3. The van der Waals surface area contributed by atoms with Gasteiger partial charge in [0.15, 0.2) is 0 Å². The van der Waals surface area contributed by atoms with Crippen molar-refractivity contribution in [2.24, 2.45) is 12.8 Å². The van der Waals surface area contributed by atoms with Gasteiger partial charge in [-0.05, 0) is 30.7 Å². The highest BCUT2D eigenvalue weighted by atomic mass is 16.1. The van der Waals surface area contributed by atoms with Crippen LogP contribution in [0.3, 0.4) is 0 Å². The maximum Gasteiger partial charge on any atom is 0.249 e. The number of primary amides is 1. The van der Waals surface area contributed by atoms with Gasteiger partial charge in [-0.15, -0.1) is 0 Å². The molecule has 0 aromatic carbocycles. The van der Waals surface area contributed by atoms with Crippen LogP contribution in [0.4, 0.5) is 0 Å². The van der Waals surface area contributed by atoms with Crippen LogP contribution in [-0.4, -0.2) is 20.1 Å². The van der Waals surface area contributed by atoms with Gasteiger partial charge in [0.1, 0.15) is 0 Å². The lowest BCUT2D eigenvalue weighted by molar-refractivity contribution is 0.0999. The highest BCUT2D eigenvalue weighted by molar-refractivity contribution is 5.96. The molecule has 0 aliphatic rings. The van der Waals surface area contributed by atoms with E-state index in [4.69, 9.17) is 5.73 Å². The molecular formula is C14H14N4O. The molecule has 3 heterocycles. The van der Waals surface area contributed by atoms with Crippen molar-refractivity contribution in [2.75, 3.05) is 0 Å². The van der Waals surface area contributed by atoms with Gasteiger partial charge >= 0.3 is 0 Å². The van der Waals surface area contributed by atoms with E-state index >= 15 is 0 Å². The number of aryl methyl sites for hydroxylation is 2. The lowest BCUT2D eigenvalue weighted by Gasteiger charge is -2.06. The minimum absolute atomic E-state index is 0.405. The molecule has 0 unspecified atom stereocenters. The predicted octanol–water partition coefficient (Wildman–Crippen LogP) is 1.75.